The fourth-order valence-electron chi connectivity index (χ4n) is 2.99. The van der Waals surface area contributed by atoms with Crippen LogP contribution in [0.4, 0.5) is 0 Å². The second kappa shape index (κ2) is 16.9. The van der Waals surface area contributed by atoms with E-state index in [1.165, 1.54) is 12.7 Å². The van der Waals surface area contributed by atoms with Crippen molar-refractivity contribution in [2.75, 3.05) is 0 Å². The Balaban J connectivity index is 2.95. The molecule has 0 aromatic heterocycles. The molecule has 1 aromatic carbocycles. The van der Waals surface area contributed by atoms with E-state index in [4.69, 9.17) is 39.6 Å². The summed E-state index contributed by atoms with van der Waals surface area (Å²) in [4.78, 5) is 21.0. The lowest BCUT2D eigenvalue weighted by atomic mass is 10.1. The highest BCUT2D eigenvalue weighted by molar-refractivity contribution is 6.40. The van der Waals surface area contributed by atoms with Gasteiger partial charge >= 0.3 is 0 Å². The molecule has 0 bridgehead atoms. The topological polar surface area (TPSA) is 172 Å². The molecule has 0 spiro atoms. The third-order valence-corrected chi connectivity index (χ3v) is 5.19. The van der Waals surface area contributed by atoms with E-state index in [-0.39, 0.29) is 27.9 Å². The van der Waals surface area contributed by atoms with Crippen molar-refractivity contribution in [1.82, 2.24) is 16.2 Å². The van der Waals surface area contributed by atoms with Crippen LogP contribution >= 0.6 is 23.2 Å². The van der Waals surface area contributed by atoms with E-state index in [1.807, 2.05) is 6.92 Å². The molecule has 0 saturated heterocycles. The molecular formula is C21H34Cl2N8O3. The fourth-order valence-corrected chi connectivity index (χ4v) is 3.62. The number of nitrogens with one attached hydrogen (secondary N) is 3. The van der Waals surface area contributed by atoms with Gasteiger partial charge in [0.2, 0.25) is 0 Å². The van der Waals surface area contributed by atoms with Gasteiger partial charge in [-0.25, -0.2) is 21.7 Å². The van der Waals surface area contributed by atoms with Crippen LogP contribution in [0.15, 0.2) is 27.3 Å². The third-order valence-electron chi connectivity index (χ3n) is 4.63. The van der Waals surface area contributed by atoms with Crippen LogP contribution in [-0.2, 0) is 11.2 Å². The highest BCUT2D eigenvalue weighted by atomic mass is 35.5. The number of ether oxygens (including phenoxy) is 1. The van der Waals surface area contributed by atoms with Gasteiger partial charge in [-0.05, 0) is 30.5 Å². The molecule has 34 heavy (non-hydrogen) atoms. The molecule has 0 saturated carbocycles. The van der Waals surface area contributed by atoms with Crippen LogP contribution in [0.2, 0.25) is 10.0 Å². The smallest absolute Gasteiger partial charge is 0.271 e. The molecule has 11 nitrogen and oxygen atoms in total. The Morgan fingerprint density at radius 2 is 1.74 bits per heavy atom. The van der Waals surface area contributed by atoms with Crippen LogP contribution < -0.4 is 32.6 Å². The number of amides is 1. The minimum Gasteiger partial charge on any atom is -0.466 e. The molecular weight excluding hydrogens is 483 g/mol. The Kier molecular flexibility index (Phi) is 14.7. The molecule has 0 aliphatic heterocycles. The quantitative estimate of drug-likeness (QED) is 0.0489. The number of nitrogens with two attached hydrogens (primary N) is 2. The molecule has 8 N–H and O–H groups in total. The highest BCUT2D eigenvalue weighted by Crippen LogP contribution is 2.35. The molecule has 1 aromatic rings. The Hall–Kier alpha value is -2.60. The Labute approximate surface area is 209 Å². The summed E-state index contributed by atoms with van der Waals surface area (Å²) in [5.41, 5.74) is 5.07. The second-order valence-electron chi connectivity index (χ2n) is 7.35. The first kappa shape index (κ1) is 29.4. The van der Waals surface area contributed by atoms with Gasteiger partial charge in [0, 0.05) is 12.8 Å². The normalized spacial score (nSPS) is 13.8. The predicted molar refractivity (Wildman–Crippen MR) is 136 cm³/mol. The van der Waals surface area contributed by atoms with Crippen LogP contribution in [0.5, 0.6) is 5.75 Å². The lowest BCUT2D eigenvalue weighted by molar-refractivity contribution is -0.115. The number of carbonyl (C=O) groups is 1. The summed E-state index contributed by atoms with van der Waals surface area (Å²) in [5.74, 6) is 10.1. The average molecular weight is 517 g/mol. The summed E-state index contributed by atoms with van der Waals surface area (Å²) in [6, 6.07) is 3.18. The summed E-state index contributed by atoms with van der Waals surface area (Å²) in [7, 11) is 0. The number of hydrogen-bond acceptors (Lipinski definition) is 8. The van der Waals surface area contributed by atoms with Gasteiger partial charge in [0.25, 0.3) is 5.91 Å². The number of rotatable bonds is 16. The van der Waals surface area contributed by atoms with E-state index in [0.717, 1.165) is 25.7 Å². The van der Waals surface area contributed by atoms with Gasteiger partial charge in [-0.3, -0.25) is 4.79 Å². The molecule has 0 heterocycles. The first-order valence-corrected chi connectivity index (χ1v) is 11.8. The number of carbonyl (C=O) groups excluding carboxylic acids is 1. The Morgan fingerprint density at radius 1 is 1.09 bits per heavy atom. The van der Waals surface area contributed by atoms with Crippen molar-refractivity contribution in [2.45, 2.75) is 71.2 Å². The predicted octanol–water partition coefficient (Wildman–Crippen LogP) is 2.88. The van der Waals surface area contributed by atoms with Gasteiger partial charge < -0.3 is 26.1 Å². The minimum atomic E-state index is -0.572. The van der Waals surface area contributed by atoms with Crippen molar-refractivity contribution in [2.24, 2.45) is 26.8 Å². The second-order valence-corrected chi connectivity index (χ2v) is 8.16. The van der Waals surface area contributed by atoms with Gasteiger partial charge in [-0.15, -0.1) is 0 Å². The molecule has 0 fully saturated rings. The van der Waals surface area contributed by atoms with Gasteiger partial charge in [0.05, 0.1) is 16.4 Å². The number of hydrogen-bond donors (Lipinski definition) is 6. The average Bonchev–Trinajstić information content (AvgIpc) is 2.81. The molecule has 0 aliphatic carbocycles. The highest BCUT2D eigenvalue weighted by Gasteiger charge is 2.20. The summed E-state index contributed by atoms with van der Waals surface area (Å²) in [6.07, 6.45) is 6.49. The van der Waals surface area contributed by atoms with Gasteiger partial charge in [-0.2, -0.15) is 0 Å². The molecule has 1 rings (SSSR count). The van der Waals surface area contributed by atoms with E-state index < -0.39 is 18.3 Å². The first-order chi connectivity index (χ1) is 16.4. The SMILES string of the molecule is CCCCCC(N=CNN)NC(=O)C(Cc1cc(Cl)c(OC(CCC)N=CNN)c(Cl)c1)=NO. The number of nitrogens with zero attached hydrogens (tertiary/aromatic N) is 3. The molecule has 0 aliphatic rings. The number of benzene rings is 1. The van der Waals surface area contributed by atoms with Crippen molar-refractivity contribution in [1.29, 1.82) is 0 Å². The maximum atomic E-state index is 12.7. The third kappa shape index (κ3) is 10.6. The van der Waals surface area contributed by atoms with Crippen molar-refractivity contribution >= 4 is 47.5 Å². The zero-order chi connectivity index (χ0) is 25.3. The Morgan fingerprint density at radius 3 is 2.29 bits per heavy atom. The van der Waals surface area contributed by atoms with Crippen molar-refractivity contribution < 1.29 is 14.7 Å². The van der Waals surface area contributed by atoms with Gasteiger partial charge in [0.15, 0.2) is 12.0 Å². The van der Waals surface area contributed by atoms with Gasteiger partial charge in [-0.1, -0.05) is 61.5 Å². The number of halogens is 2. The molecule has 1 amide bonds. The van der Waals surface area contributed by atoms with Crippen LogP contribution in [0, 0.1) is 0 Å². The molecule has 2 atom stereocenters. The largest absolute Gasteiger partial charge is 0.466 e. The van der Waals surface area contributed by atoms with Crippen molar-refractivity contribution in [3.8, 4) is 5.75 Å². The summed E-state index contributed by atoms with van der Waals surface area (Å²) in [5, 5.41) is 15.8. The number of hydrazine groups is 2. The zero-order valence-corrected chi connectivity index (χ0v) is 20.9. The van der Waals surface area contributed by atoms with Crippen LogP contribution in [0.1, 0.15) is 57.9 Å². The maximum Gasteiger partial charge on any atom is 0.271 e. The standard InChI is InChI=1S/C21H34Cl2N8O3/c1-3-5-6-8-18(26-12-28-24)30-21(32)17(31-33)11-14-9-15(22)20(16(23)10-14)34-19(7-4-2)27-13-29-25/h9-10,12-13,18-19,33H,3-8,11,24-25H2,1-2H3,(H,26,28)(H,27,29)(H,30,32). The van der Waals surface area contributed by atoms with Crippen molar-refractivity contribution in [3.63, 3.8) is 0 Å². The summed E-state index contributed by atoms with van der Waals surface area (Å²) in [6.45, 7) is 4.07. The van der Waals surface area contributed by atoms with Crippen molar-refractivity contribution in [3.05, 3.63) is 27.7 Å². The first-order valence-electron chi connectivity index (χ1n) is 11.0. The van der Waals surface area contributed by atoms with Gasteiger partial charge in [0.1, 0.15) is 18.2 Å². The van der Waals surface area contributed by atoms with E-state index in [9.17, 15) is 10.0 Å². The number of oxime groups is 1. The number of unbranched alkanes of at least 4 members (excludes halogenated alkanes) is 2. The van der Waals surface area contributed by atoms with E-state index in [2.05, 4.69) is 38.2 Å². The zero-order valence-electron chi connectivity index (χ0n) is 19.4. The molecule has 2 unspecified atom stereocenters. The summed E-state index contributed by atoms with van der Waals surface area (Å²) >= 11 is 12.8. The maximum absolute atomic E-state index is 12.7. The number of aliphatic imine (C=N–C) groups is 2. The lowest BCUT2D eigenvalue weighted by Gasteiger charge is -2.18. The van der Waals surface area contributed by atoms with E-state index >= 15 is 0 Å². The minimum absolute atomic E-state index is 0.0176. The fraction of sp³-hybridized carbons (Fsp3) is 0.524. The molecule has 190 valence electrons. The molecule has 0 radical (unpaired) electrons. The summed E-state index contributed by atoms with van der Waals surface area (Å²) < 4.78 is 5.84. The molecule has 13 heteroatoms. The van der Waals surface area contributed by atoms with Crippen LogP contribution in [0.3, 0.4) is 0 Å². The monoisotopic (exact) mass is 516 g/mol. The van der Waals surface area contributed by atoms with E-state index in [0.29, 0.717) is 18.4 Å². The van der Waals surface area contributed by atoms with E-state index in [1.54, 1.807) is 12.1 Å². The van der Waals surface area contributed by atoms with Crippen LogP contribution in [0.25, 0.3) is 0 Å². The van der Waals surface area contributed by atoms with Crippen LogP contribution in [-0.4, -0.2) is 41.9 Å². The Bertz CT molecular complexity index is 828. The lowest BCUT2D eigenvalue weighted by Crippen LogP contribution is -2.39.